The van der Waals surface area contributed by atoms with Crippen LogP contribution in [0.2, 0.25) is 4.34 Å². The van der Waals surface area contributed by atoms with E-state index in [-0.39, 0.29) is 0 Å². The van der Waals surface area contributed by atoms with E-state index in [0.29, 0.717) is 10.8 Å². The van der Waals surface area contributed by atoms with Crippen LogP contribution < -0.4 is 0 Å². The zero-order valence-corrected chi connectivity index (χ0v) is 8.45. The summed E-state index contributed by atoms with van der Waals surface area (Å²) in [7, 11) is 0. The highest BCUT2D eigenvalue weighted by molar-refractivity contribution is 7.16. The molecule has 1 nitrogen and oxygen atoms in total. The van der Waals surface area contributed by atoms with Crippen molar-refractivity contribution in [1.29, 1.82) is 0 Å². The average molecular weight is 203 g/mol. The van der Waals surface area contributed by atoms with Crippen LogP contribution in [0.1, 0.15) is 24.3 Å². The largest absolute Gasteiger partial charge is 0.387 e. The van der Waals surface area contributed by atoms with Crippen LogP contribution in [0, 0.1) is 0 Å². The lowest BCUT2D eigenvalue weighted by Crippen LogP contribution is -1.93. The van der Waals surface area contributed by atoms with Crippen LogP contribution in [0.3, 0.4) is 0 Å². The molecular weight excluding hydrogens is 192 g/mol. The molecule has 0 aliphatic heterocycles. The van der Waals surface area contributed by atoms with Crippen molar-refractivity contribution < 1.29 is 5.11 Å². The van der Waals surface area contributed by atoms with Crippen molar-refractivity contribution in [2.45, 2.75) is 19.4 Å². The van der Waals surface area contributed by atoms with Gasteiger partial charge in [-0.25, -0.2) is 0 Å². The molecule has 1 rings (SSSR count). The molecule has 1 N–H and O–H groups in total. The highest BCUT2D eigenvalue weighted by Crippen LogP contribution is 2.29. The van der Waals surface area contributed by atoms with Crippen LogP contribution in [0.25, 0.3) is 0 Å². The first-order valence-corrected chi connectivity index (χ1v) is 4.86. The second-order valence-electron chi connectivity index (χ2n) is 2.82. The maximum absolute atomic E-state index is 9.60. The third-order valence-electron chi connectivity index (χ3n) is 1.46. The first kappa shape index (κ1) is 9.78. The van der Waals surface area contributed by atoms with Gasteiger partial charge < -0.3 is 5.11 Å². The molecule has 0 radical (unpaired) electrons. The van der Waals surface area contributed by atoms with Gasteiger partial charge in [-0.15, -0.1) is 17.9 Å². The SMILES string of the molecule is C=C(C)CC(O)c1ccc(Cl)s1. The van der Waals surface area contributed by atoms with Gasteiger partial charge in [0.2, 0.25) is 0 Å². The Morgan fingerprint density at radius 1 is 1.75 bits per heavy atom. The van der Waals surface area contributed by atoms with Crippen molar-refractivity contribution in [1.82, 2.24) is 0 Å². The molecule has 0 spiro atoms. The maximum atomic E-state index is 9.60. The summed E-state index contributed by atoms with van der Waals surface area (Å²) in [5.41, 5.74) is 0.979. The van der Waals surface area contributed by atoms with E-state index in [4.69, 9.17) is 11.6 Å². The number of rotatable bonds is 3. The quantitative estimate of drug-likeness (QED) is 0.745. The van der Waals surface area contributed by atoms with E-state index >= 15 is 0 Å². The summed E-state index contributed by atoms with van der Waals surface area (Å²) in [6.45, 7) is 5.64. The molecule has 1 aromatic heterocycles. The van der Waals surface area contributed by atoms with Crippen molar-refractivity contribution in [2.24, 2.45) is 0 Å². The van der Waals surface area contributed by atoms with Gasteiger partial charge in [-0.2, -0.15) is 0 Å². The summed E-state index contributed by atoms with van der Waals surface area (Å²) < 4.78 is 0.714. The van der Waals surface area contributed by atoms with Gasteiger partial charge >= 0.3 is 0 Å². The van der Waals surface area contributed by atoms with Crippen LogP contribution in [-0.4, -0.2) is 5.11 Å². The normalized spacial score (nSPS) is 12.9. The average Bonchev–Trinajstić information content (AvgIpc) is 2.34. The lowest BCUT2D eigenvalue weighted by molar-refractivity contribution is 0.182. The Kier molecular flexibility index (Phi) is 3.32. The number of aliphatic hydroxyl groups is 1. The molecule has 0 aliphatic carbocycles. The fraction of sp³-hybridized carbons (Fsp3) is 0.333. The molecule has 1 aromatic rings. The van der Waals surface area contributed by atoms with E-state index in [1.54, 1.807) is 6.07 Å². The standard InChI is InChI=1S/C9H11ClOS/c1-6(2)5-7(11)8-3-4-9(10)12-8/h3-4,7,11H,1,5H2,2H3. The Hall–Kier alpha value is -0.310. The topological polar surface area (TPSA) is 20.2 Å². The van der Waals surface area contributed by atoms with Crippen LogP contribution in [0.15, 0.2) is 24.3 Å². The monoisotopic (exact) mass is 202 g/mol. The third-order valence-corrected chi connectivity index (χ3v) is 2.80. The zero-order chi connectivity index (χ0) is 9.14. The van der Waals surface area contributed by atoms with Gasteiger partial charge in [0.1, 0.15) is 0 Å². The van der Waals surface area contributed by atoms with Crippen molar-refractivity contribution >= 4 is 22.9 Å². The molecule has 1 heterocycles. The molecule has 66 valence electrons. The molecule has 0 fully saturated rings. The molecule has 1 unspecified atom stereocenters. The van der Waals surface area contributed by atoms with E-state index in [1.807, 2.05) is 13.0 Å². The summed E-state index contributed by atoms with van der Waals surface area (Å²) in [5.74, 6) is 0. The molecule has 12 heavy (non-hydrogen) atoms. The predicted octanol–water partition coefficient (Wildman–Crippen LogP) is 3.40. The highest BCUT2D eigenvalue weighted by atomic mass is 35.5. The smallest absolute Gasteiger partial charge is 0.0932 e. The molecule has 0 aliphatic rings. The Morgan fingerprint density at radius 3 is 2.83 bits per heavy atom. The minimum absolute atomic E-state index is 0.444. The Morgan fingerprint density at radius 2 is 2.42 bits per heavy atom. The summed E-state index contributed by atoms with van der Waals surface area (Å²) in [6.07, 6.45) is 0.164. The molecule has 0 bridgehead atoms. The van der Waals surface area contributed by atoms with Gasteiger partial charge in [0.05, 0.1) is 10.4 Å². The second kappa shape index (κ2) is 4.08. The van der Waals surface area contributed by atoms with Crippen molar-refractivity contribution in [3.8, 4) is 0 Å². The van der Waals surface area contributed by atoms with Crippen molar-refractivity contribution in [2.75, 3.05) is 0 Å². The van der Waals surface area contributed by atoms with Crippen LogP contribution in [0.4, 0.5) is 0 Å². The van der Waals surface area contributed by atoms with Crippen LogP contribution in [-0.2, 0) is 0 Å². The van der Waals surface area contributed by atoms with E-state index < -0.39 is 6.10 Å². The highest BCUT2D eigenvalue weighted by Gasteiger charge is 2.09. The van der Waals surface area contributed by atoms with Gasteiger partial charge in [-0.05, 0) is 25.5 Å². The summed E-state index contributed by atoms with van der Waals surface area (Å²) in [4.78, 5) is 0.906. The summed E-state index contributed by atoms with van der Waals surface area (Å²) in [6, 6.07) is 3.64. The minimum Gasteiger partial charge on any atom is -0.387 e. The van der Waals surface area contributed by atoms with E-state index in [2.05, 4.69) is 6.58 Å². The second-order valence-corrected chi connectivity index (χ2v) is 4.57. The fourth-order valence-electron chi connectivity index (χ4n) is 0.938. The minimum atomic E-state index is -0.444. The Balaban J connectivity index is 2.64. The van der Waals surface area contributed by atoms with Crippen LogP contribution in [0.5, 0.6) is 0 Å². The molecule has 3 heteroatoms. The Labute approximate surface area is 81.3 Å². The zero-order valence-electron chi connectivity index (χ0n) is 6.88. The van der Waals surface area contributed by atoms with Crippen molar-refractivity contribution in [3.63, 3.8) is 0 Å². The molecule has 0 aromatic carbocycles. The van der Waals surface area contributed by atoms with Crippen molar-refractivity contribution in [3.05, 3.63) is 33.5 Å². The van der Waals surface area contributed by atoms with E-state index in [9.17, 15) is 5.11 Å². The molecule has 0 amide bonds. The number of aliphatic hydroxyl groups excluding tert-OH is 1. The number of halogens is 1. The predicted molar refractivity (Wildman–Crippen MR) is 53.7 cm³/mol. The van der Waals surface area contributed by atoms with Crippen LogP contribution >= 0.6 is 22.9 Å². The Bertz CT molecular complexity index is 280. The molecule has 0 saturated carbocycles. The lowest BCUT2D eigenvalue weighted by atomic mass is 10.1. The van der Waals surface area contributed by atoms with Gasteiger partial charge in [0.15, 0.2) is 0 Å². The summed E-state index contributed by atoms with van der Waals surface area (Å²) >= 11 is 7.14. The van der Waals surface area contributed by atoms with Gasteiger partial charge in [-0.3, -0.25) is 0 Å². The molecule has 1 atom stereocenters. The van der Waals surface area contributed by atoms with Gasteiger partial charge in [0, 0.05) is 4.88 Å². The lowest BCUT2D eigenvalue weighted by Gasteiger charge is -2.06. The number of hydrogen-bond donors (Lipinski definition) is 1. The first-order chi connectivity index (χ1) is 5.59. The molecule has 0 saturated heterocycles. The number of thiophene rings is 1. The van der Waals surface area contributed by atoms with E-state index in [1.165, 1.54) is 11.3 Å². The summed E-state index contributed by atoms with van der Waals surface area (Å²) in [5, 5.41) is 9.60. The molecular formula is C9H11ClOS. The third kappa shape index (κ3) is 2.63. The fourth-order valence-corrected chi connectivity index (χ4v) is 1.98. The van der Waals surface area contributed by atoms with E-state index in [0.717, 1.165) is 10.5 Å². The van der Waals surface area contributed by atoms with Gasteiger partial charge in [-0.1, -0.05) is 17.2 Å². The maximum Gasteiger partial charge on any atom is 0.0932 e. The first-order valence-electron chi connectivity index (χ1n) is 3.67. The number of hydrogen-bond acceptors (Lipinski definition) is 2. The van der Waals surface area contributed by atoms with Gasteiger partial charge in [0.25, 0.3) is 0 Å².